The van der Waals surface area contributed by atoms with Crippen molar-refractivity contribution in [1.82, 2.24) is 20.4 Å². The molecular formula is C16H17ClN4OS. The van der Waals surface area contributed by atoms with Crippen LogP contribution in [0, 0.1) is 13.8 Å². The Bertz CT molecular complexity index is 797. The van der Waals surface area contributed by atoms with Crippen molar-refractivity contribution in [2.45, 2.75) is 33.4 Å². The third-order valence-electron chi connectivity index (χ3n) is 3.44. The molecule has 0 aliphatic heterocycles. The molecule has 3 aromatic rings. The van der Waals surface area contributed by atoms with Gasteiger partial charge in [0.25, 0.3) is 0 Å². The molecule has 2 heterocycles. The van der Waals surface area contributed by atoms with E-state index in [-0.39, 0.29) is 6.04 Å². The van der Waals surface area contributed by atoms with E-state index in [9.17, 15) is 0 Å². The van der Waals surface area contributed by atoms with E-state index in [1.54, 1.807) is 18.3 Å². The van der Waals surface area contributed by atoms with E-state index in [2.05, 4.69) is 29.3 Å². The number of halogens is 1. The molecule has 0 bridgehead atoms. The predicted molar refractivity (Wildman–Crippen MR) is 91.6 cm³/mol. The summed E-state index contributed by atoms with van der Waals surface area (Å²) in [6, 6.07) is 7.87. The average molecular weight is 349 g/mol. The van der Waals surface area contributed by atoms with Gasteiger partial charge in [-0.1, -0.05) is 28.9 Å². The molecule has 0 aliphatic carbocycles. The number of nitrogens with zero attached hydrogens (tertiary/aromatic N) is 3. The number of benzene rings is 1. The predicted octanol–water partition coefficient (Wildman–Crippen LogP) is 4.31. The van der Waals surface area contributed by atoms with Gasteiger partial charge in [-0.3, -0.25) is 0 Å². The first-order valence-electron chi connectivity index (χ1n) is 7.29. The Labute approximate surface area is 143 Å². The van der Waals surface area contributed by atoms with Gasteiger partial charge >= 0.3 is 0 Å². The summed E-state index contributed by atoms with van der Waals surface area (Å²) in [6.45, 7) is 6.49. The maximum atomic E-state index is 5.95. The van der Waals surface area contributed by atoms with Crippen LogP contribution < -0.4 is 5.32 Å². The monoisotopic (exact) mass is 348 g/mol. The molecule has 0 unspecified atom stereocenters. The van der Waals surface area contributed by atoms with Crippen molar-refractivity contribution < 1.29 is 4.52 Å². The summed E-state index contributed by atoms with van der Waals surface area (Å²) >= 11 is 7.64. The van der Waals surface area contributed by atoms with Gasteiger partial charge in [-0.2, -0.15) is 4.98 Å². The van der Waals surface area contributed by atoms with Crippen LogP contribution in [0.15, 0.2) is 28.8 Å². The Hall–Kier alpha value is -1.76. The minimum atomic E-state index is 0.110. The van der Waals surface area contributed by atoms with Crippen molar-refractivity contribution in [2.24, 2.45) is 0 Å². The molecule has 0 aliphatic rings. The Morgan fingerprint density at radius 3 is 2.61 bits per heavy atom. The number of aryl methyl sites for hydroxylation is 2. The van der Waals surface area contributed by atoms with E-state index in [1.807, 2.05) is 24.3 Å². The third kappa shape index (κ3) is 3.77. The van der Waals surface area contributed by atoms with Gasteiger partial charge in [0.15, 0.2) is 5.82 Å². The molecule has 1 N–H and O–H groups in total. The molecule has 1 aromatic carbocycles. The lowest BCUT2D eigenvalue weighted by Gasteiger charge is -2.08. The van der Waals surface area contributed by atoms with Crippen molar-refractivity contribution in [3.63, 3.8) is 0 Å². The Kier molecular flexibility index (Phi) is 4.75. The standard InChI is InChI=1S/C16H17ClN4OS/c1-9(18-8-14-19-11(3)22-21-14)16-20-15(10(2)23-16)12-4-6-13(17)7-5-12/h4-7,9,18H,8H2,1-3H3/t9-/m1/s1. The number of hydrogen-bond donors (Lipinski definition) is 1. The fourth-order valence-corrected chi connectivity index (χ4v) is 3.32. The van der Waals surface area contributed by atoms with Crippen LogP contribution in [-0.2, 0) is 6.54 Å². The Morgan fingerprint density at radius 2 is 1.96 bits per heavy atom. The molecule has 0 spiro atoms. The average Bonchev–Trinajstić information content (AvgIpc) is 3.12. The maximum absolute atomic E-state index is 5.95. The van der Waals surface area contributed by atoms with Crippen molar-refractivity contribution >= 4 is 22.9 Å². The second kappa shape index (κ2) is 6.78. The topological polar surface area (TPSA) is 63.8 Å². The van der Waals surface area contributed by atoms with Crippen molar-refractivity contribution in [1.29, 1.82) is 0 Å². The molecule has 1 atom stereocenters. The molecule has 5 nitrogen and oxygen atoms in total. The number of thiazole rings is 1. The number of rotatable bonds is 5. The van der Waals surface area contributed by atoms with E-state index in [4.69, 9.17) is 21.1 Å². The lowest BCUT2D eigenvalue weighted by Crippen LogP contribution is -2.18. The largest absolute Gasteiger partial charge is 0.340 e. The minimum Gasteiger partial charge on any atom is -0.340 e. The van der Waals surface area contributed by atoms with Gasteiger partial charge in [-0.15, -0.1) is 11.3 Å². The first-order valence-corrected chi connectivity index (χ1v) is 8.48. The molecule has 3 rings (SSSR count). The summed E-state index contributed by atoms with van der Waals surface area (Å²) < 4.78 is 4.97. The van der Waals surface area contributed by atoms with E-state index in [1.165, 1.54) is 4.88 Å². The van der Waals surface area contributed by atoms with E-state index >= 15 is 0 Å². The van der Waals surface area contributed by atoms with E-state index < -0.39 is 0 Å². The molecule has 120 valence electrons. The number of hydrogen-bond acceptors (Lipinski definition) is 6. The third-order valence-corrected chi connectivity index (χ3v) is 4.84. The molecule has 0 amide bonds. The van der Waals surface area contributed by atoms with Gasteiger partial charge in [0, 0.05) is 22.4 Å². The van der Waals surface area contributed by atoms with E-state index in [0.717, 1.165) is 21.3 Å². The van der Waals surface area contributed by atoms with Gasteiger partial charge in [-0.05, 0) is 26.0 Å². The lowest BCUT2D eigenvalue weighted by molar-refractivity contribution is 0.384. The maximum Gasteiger partial charge on any atom is 0.223 e. The van der Waals surface area contributed by atoms with Gasteiger partial charge in [0.2, 0.25) is 5.89 Å². The zero-order valence-corrected chi connectivity index (χ0v) is 14.7. The summed E-state index contributed by atoms with van der Waals surface area (Å²) in [4.78, 5) is 10.1. The quantitative estimate of drug-likeness (QED) is 0.744. The Balaban J connectivity index is 1.73. The van der Waals surface area contributed by atoms with E-state index in [0.29, 0.717) is 18.3 Å². The normalized spacial score (nSPS) is 12.5. The smallest absolute Gasteiger partial charge is 0.223 e. The highest BCUT2D eigenvalue weighted by atomic mass is 35.5. The molecular weight excluding hydrogens is 332 g/mol. The summed E-state index contributed by atoms with van der Waals surface area (Å²) in [5, 5.41) is 9.02. The van der Waals surface area contributed by atoms with Crippen LogP contribution in [0.2, 0.25) is 5.02 Å². The van der Waals surface area contributed by atoms with Crippen LogP contribution in [0.3, 0.4) is 0 Å². The Morgan fingerprint density at radius 1 is 1.22 bits per heavy atom. The molecule has 0 saturated heterocycles. The highest BCUT2D eigenvalue weighted by Crippen LogP contribution is 2.31. The zero-order chi connectivity index (χ0) is 16.4. The van der Waals surface area contributed by atoms with Gasteiger partial charge in [0.05, 0.1) is 18.3 Å². The highest BCUT2D eigenvalue weighted by Gasteiger charge is 2.15. The van der Waals surface area contributed by atoms with Crippen LogP contribution in [-0.4, -0.2) is 15.1 Å². The summed E-state index contributed by atoms with van der Waals surface area (Å²) in [5.74, 6) is 1.23. The first kappa shape index (κ1) is 16.1. The lowest BCUT2D eigenvalue weighted by atomic mass is 10.1. The van der Waals surface area contributed by atoms with Crippen LogP contribution in [0.5, 0.6) is 0 Å². The summed E-state index contributed by atoms with van der Waals surface area (Å²) in [5.41, 5.74) is 2.08. The first-order chi connectivity index (χ1) is 11.0. The molecule has 2 aromatic heterocycles. The summed E-state index contributed by atoms with van der Waals surface area (Å²) in [6.07, 6.45) is 0. The number of nitrogens with one attached hydrogen (secondary N) is 1. The van der Waals surface area contributed by atoms with Crippen LogP contribution in [0.25, 0.3) is 11.3 Å². The van der Waals surface area contributed by atoms with Gasteiger partial charge in [0.1, 0.15) is 5.01 Å². The minimum absolute atomic E-state index is 0.110. The second-order valence-corrected chi connectivity index (χ2v) is 6.97. The highest BCUT2D eigenvalue weighted by molar-refractivity contribution is 7.12. The number of aromatic nitrogens is 3. The van der Waals surface area contributed by atoms with Gasteiger partial charge in [-0.25, -0.2) is 4.98 Å². The molecule has 7 heteroatoms. The van der Waals surface area contributed by atoms with Crippen LogP contribution in [0.4, 0.5) is 0 Å². The molecule has 0 saturated carbocycles. The molecule has 0 radical (unpaired) electrons. The fourth-order valence-electron chi connectivity index (χ4n) is 2.22. The van der Waals surface area contributed by atoms with Crippen molar-refractivity contribution in [3.05, 3.63) is 50.9 Å². The summed E-state index contributed by atoms with van der Waals surface area (Å²) in [7, 11) is 0. The van der Waals surface area contributed by atoms with Crippen molar-refractivity contribution in [2.75, 3.05) is 0 Å². The van der Waals surface area contributed by atoms with Crippen molar-refractivity contribution in [3.8, 4) is 11.3 Å². The second-order valence-electron chi connectivity index (χ2n) is 5.30. The fraction of sp³-hybridized carbons (Fsp3) is 0.312. The molecule has 0 fully saturated rings. The van der Waals surface area contributed by atoms with Gasteiger partial charge < -0.3 is 9.84 Å². The zero-order valence-electron chi connectivity index (χ0n) is 13.1. The van der Waals surface area contributed by atoms with Crippen LogP contribution >= 0.6 is 22.9 Å². The van der Waals surface area contributed by atoms with Crippen LogP contribution in [0.1, 0.15) is 34.6 Å². The molecule has 23 heavy (non-hydrogen) atoms. The SMILES string of the molecule is Cc1nc(CN[C@H](C)c2nc(-c3ccc(Cl)cc3)c(C)s2)no1.